The Morgan fingerprint density at radius 3 is 2.85 bits per heavy atom. The molecule has 1 N–H and O–H groups in total. The van der Waals surface area contributed by atoms with Crippen molar-refractivity contribution in [3.63, 3.8) is 0 Å². The molecule has 0 saturated carbocycles. The fourth-order valence-corrected chi connectivity index (χ4v) is 2.74. The van der Waals surface area contributed by atoms with Crippen molar-refractivity contribution in [2.75, 3.05) is 31.1 Å². The van der Waals surface area contributed by atoms with Crippen molar-refractivity contribution in [1.29, 1.82) is 5.26 Å². The number of nitrogens with one attached hydrogen (secondary N) is 1. The summed E-state index contributed by atoms with van der Waals surface area (Å²) in [5.41, 5.74) is 2.94. The van der Waals surface area contributed by atoms with Crippen molar-refractivity contribution in [2.45, 2.75) is 13.3 Å². The van der Waals surface area contributed by atoms with Crippen LogP contribution in [0.25, 0.3) is 10.9 Å². The highest BCUT2D eigenvalue weighted by Crippen LogP contribution is 2.25. The van der Waals surface area contributed by atoms with E-state index < -0.39 is 0 Å². The molecule has 4 nitrogen and oxygen atoms in total. The second kappa shape index (κ2) is 5.48. The third-order valence-corrected chi connectivity index (χ3v) is 3.83. The van der Waals surface area contributed by atoms with Crippen molar-refractivity contribution in [1.82, 2.24) is 10.3 Å². The van der Waals surface area contributed by atoms with Gasteiger partial charge in [-0.3, -0.25) is 0 Å². The summed E-state index contributed by atoms with van der Waals surface area (Å²) in [4.78, 5) is 7.03. The van der Waals surface area contributed by atoms with Gasteiger partial charge in [-0.1, -0.05) is 25.1 Å². The molecule has 1 aromatic heterocycles. The van der Waals surface area contributed by atoms with Crippen LogP contribution < -0.4 is 10.2 Å². The molecular formula is C16H18N4. The van der Waals surface area contributed by atoms with E-state index in [1.54, 1.807) is 0 Å². The van der Waals surface area contributed by atoms with Crippen LogP contribution in [0.3, 0.4) is 0 Å². The number of hydrogen-bond acceptors (Lipinski definition) is 4. The lowest BCUT2D eigenvalue weighted by atomic mass is 10.1. The molecule has 1 aliphatic rings. The summed E-state index contributed by atoms with van der Waals surface area (Å²) in [6, 6.07) is 10.5. The standard InChI is InChI=1S/C16H18N4/c1-2-12-4-3-5-13-10-14(11-17)16(19-15(12)13)20-8-6-18-7-9-20/h3-5,10,18H,2,6-9H2,1H3. The van der Waals surface area contributed by atoms with Crippen LogP contribution in [0, 0.1) is 11.3 Å². The van der Waals surface area contributed by atoms with E-state index in [2.05, 4.69) is 29.3 Å². The minimum atomic E-state index is 0.674. The van der Waals surface area contributed by atoms with E-state index in [1.165, 1.54) is 5.56 Å². The van der Waals surface area contributed by atoms with Gasteiger partial charge in [0.05, 0.1) is 11.1 Å². The fraction of sp³-hybridized carbons (Fsp3) is 0.375. The minimum Gasteiger partial charge on any atom is -0.353 e. The summed E-state index contributed by atoms with van der Waals surface area (Å²) in [6.07, 6.45) is 0.956. The molecule has 0 atom stereocenters. The zero-order valence-corrected chi connectivity index (χ0v) is 11.7. The van der Waals surface area contributed by atoms with Crippen molar-refractivity contribution in [3.05, 3.63) is 35.4 Å². The molecule has 0 radical (unpaired) electrons. The maximum atomic E-state index is 9.40. The average molecular weight is 266 g/mol. The first kappa shape index (κ1) is 12.9. The van der Waals surface area contributed by atoms with Crippen molar-refractivity contribution < 1.29 is 0 Å². The Kier molecular flexibility index (Phi) is 3.53. The summed E-state index contributed by atoms with van der Waals surface area (Å²) >= 11 is 0. The van der Waals surface area contributed by atoms with Gasteiger partial charge in [0.2, 0.25) is 0 Å². The van der Waals surface area contributed by atoms with Crippen LogP contribution >= 0.6 is 0 Å². The first-order valence-electron chi connectivity index (χ1n) is 7.12. The summed E-state index contributed by atoms with van der Waals surface area (Å²) in [6.45, 7) is 5.84. The van der Waals surface area contributed by atoms with E-state index in [0.29, 0.717) is 5.56 Å². The van der Waals surface area contributed by atoms with E-state index in [1.807, 2.05) is 18.2 Å². The normalized spacial score (nSPS) is 15.3. The lowest BCUT2D eigenvalue weighted by Gasteiger charge is -2.29. The Morgan fingerprint density at radius 1 is 1.35 bits per heavy atom. The molecular weight excluding hydrogens is 248 g/mol. The molecule has 4 heteroatoms. The quantitative estimate of drug-likeness (QED) is 0.904. The molecule has 0 unspecified atom stereocenters. The number of nitriles is 1. The van der Waals surface area contributed by atoms with Crippen LogP contribution in [0.5, 0.6) is 0 Å². The largest absolute Gasteiger partial charge is 0.353 e. The van der Waals surface area contributed by atoms with Crippen molar-refractivity contribution in [2.24, 2.45) is 0 Å². The van der Waals surface area contributed by atoms with Gasteiger partial charge in [0.25, 0.3) is 0 Å². The summed E-state index contributed by atoms with van der Waals surface area (Å²) in [7, 11) is 0. The molecule has 0 spiro atoms. The highest BCUT2D eigenvalue weighted by Gasteiger charge is 2.17. The number of hydrogen-bond donors (Lipinski definition) is 1. The van der Waals surface area contributed by atoms with Crippen LogP contribution in [-0.4, -0.2) is 31.2 Å². The molecule has 1 fully saturated rings. The number of aryl methyl sites for hydroxylation is 1. The van der Waals surface area contributed by atoms with Gasteiger partial charge in [-0.05, 0) is 18.1 Å². The zero-order valence-electron chi connectivity index (χ0n) is 11.7. The predicted octanol–water partition coefficient (Wildman–Crippen LogP) is 2.08. The number of fused-ring (bicyclic) bond motifs is 1. The molecule has 1 aliphatic heterocycles. The van der Waals surface area contributed by atoms with E-state index in [-0.39, 0.29) is 0 Å². The third kappa shape index (κ3) is 2.21. The minimum absolute atomic E-state index is 0.674. The number of pyridine rings is 1. The maximum absolute atomic E-state index is 9.40. The molecule has 1 saturated heterocycles. The van der Waals surface area contributed by atoms with E-state index >= 15 is 0 Å². The third-order valence-electron chi connectivity index (χ3n) is 3.83. The summed E-state index contributed by atoms with van der Waals surface area (Å²) in [5, 5.41) is 13.8. The first-order valence-corrected chi connectivity index (χ1v) is 7.12. The predicted molar refractivity (Wildman–Crippen MR) is 80.9 cm³/mol. The van der Waals surface area contributed by atoms with Crippen LogP contribution in [-0.2, 0) is 6.42 Å². The molecule has 102 valence electrons. The van der Waals surface area contributed by atoms with Gasteiger partial charge in [0, 0.05) is 31.6 Å². The van der Waals surface area contributed by atoms with Gasteiger partial charge in [0.1, 0.15) is 11.9 Å². The monoisotopic (exact) mass is 266 g/mol. The number of piperazine rings is 1. The van der Waals surface area contributed by atoms with Gasteiger partial charge in [-0.15, -0.1) is 0 Å². The average Bonchev–Trinajstić information content (AvgIpc) is 2.53. The van der Waals surface area contributed by atoms with Gasteiger partial charge >= 0.3 is 0 Å². The number of nitrogens with zero attached hydrogens (tertiary/aromatic N) is 3. The van der Waals surface area contributed by atoms with Gasteiger partial charge in [-0.2, -0.15) is 5.26 Å². The smallest absolute Gasteiger partial charge is 0.147 e. The van der Waals surface area contributed by atoms with Gasteiger partial charge in [0.15, 0.2) is 0 Å². The molecule has 0 amide bonds. The summed E-state index contributed by atoms with van der Waals surface area (Å²) < 4.78 is 0. The first-order chi connectivity index (χ1) is 9.83. The Morgan fingerprint density at radius 2 is 2.15 bits per heavy atom. The lowest BCUT2D eigenvalue weighted by molar-refractivity contribution is 0.585. The SMILES string of the molecule is CCc1cccc2cc(C#N)c(N3CCNCC3)nc12. The Bertz CT molecular complexity index is 666. The molecule has 0 bridgehead atoms. The molecule has 2 heterocycles. The van der Waals surface area contributed by atoms with Gasteiger partial charge < -0.3 is 10.2 Å². The van der Waals surface area contributed by atoms with Crippen molar-refractivity contribution >= 4 is 16.7 Å². The number of anilines is 1. The van der Waals surface area contributed by atoms with Crippen molar-refractivity contribution in [3.8, 4) is 6.07 Å². The summed E-state index contributed by atoms with van der Waals surface area (Å²) in [5.74, 6) is 0.836. The lowest BCUT2D eigenvalue weighted by Crippen LogP contribution is -2.44. The highest BCUT2D eigenvalue weighted by molar-refractivity contribution is 5.85. The number of aromatic nitrogens is 1. The maximum Gasteiger partial charge on any atom is 0.147 e. The molecule has 3 rings (SSSR count). The zero-order chi connectivity index (χ0) is 13.9. The molecule has 20 heavy (non-hydrogen) atoms. The molecule has 0 aliphatic carbocycles. The fourth-order valence-electron chi connectivity index (χ4n) is 2.74. The van der Waals surface area contributed by atoms with E-state index in [0.717, 1.165) is 49.3 Å². The molecule has 2 aromatic rings. The number of para-hydroxylation sites is 1. The second-order valence-electron chi connectivity index (χ2n) is 5.05. The number of rotatable bonds is 2. The molecule has 1 aromatic carbocycles. The topological polar surface area (TPSA) is 52.0 Å². The van der Waals surface area contributed by atoms with Crippen LogP contribution in [0.15, 0.2) is 24.3 Å². The number of benzene rings is 1. The van der Waals surface area contributed by atoms with Crippen LogP contribution in [0.2, 0.25) is 0 Å². The van der Waals surface area contributed by atoms with Crippen LogP contribution in [0.1, 0.15) is 18.1 Å². The Balaban J connectivity index is 2.16. The second-order valence-corrected chi connectivity index (χ2v) is 5.05. The highest BCUT2D eigenvalue weighted by atomic mass is 15.2. The Labute approximate surface area is 119 Å². The van der Waals surface area contributed by atoms with Gasteiger partial charge in [-0.25, -0.2) is 4.98 Å². The van der Waals surface area contributed by atoms with E-state index in [4.69, 9.17) is 4.98 Å². The van der Waals surface area contributed by atoms with E-state index in [9.17, 15) is 5.26 Å². The Hall–Kier alpha value is -2.12. The van der Waals surface area contributed by atoms with Crippen LogP contribution in [0.4, 0.5) is 5.82 Å².